The Bertz CT molecular complexity index is 1120. The lowest BCUT2D eigenvalue weighted by Crippen LogP contribution is -2.43. The molecule has 2 aromatic carbocycles. The van der Waals surface area contributed by atoms with Gasteiger partial charge in [-0.2, -0.15) is 5.10 Å². The van der Waals surface area contributed by atoms with Crippen LogP contribution in [0.15, 0.2) is 85.3 Å². The number of carbonyl (C=O) groups excluding carboxylic acids is 1. The van der Waals surface area contributed by atoms with E-state index < -0.39 is 6.17 Å². The number of rotatable bonds is 3. The van der Waals surface area contributed by atoms with Gasteiger partial charge in [-0.15, -0.1) is 0 Å². The third-order valence-electron chi connectivity index (χ3n) is 4.87. The molecule has 3 heterocycles. The van der Waals surface area contributed by atoms with Crippen molar-refractivity contribution in [2.75, 3.05) is 10.2 Å². The SMILES string of the molecule is O=C1c2ccccc2N[C@@H](c2cn[nH]c2-c2cccnc2)N1c1ccccc1. The van der Waals surface area contributed by atoms with E-state index in [0.717, 1.165) is 28.2 Å². The van der Waals surface area contributed by atoms with Crippen molar-refractivity contribution in [3.05, 3.63) is 96.4 Å². The van der Waals surface area contributed by atoms with Gasteiger partial charge in [0.15, 0.2) is 0 Å². The molecule has 0 fully saturated rings. The van der Waals surface area contributed by atoms with Crippen LogP contribution in [0.4, 0.5) is 11.4 Å². The number of benzene rings is 2. The summed E-state index contributed by atoms with van der Waals surface area (Å²) in [7, 11) is 0. The molecule has 2 N–H and O–H groups in total. The van der Waals surface area contributed by atoms with Crippen molar-refractivity contribution in [3.63, 3.8) is 0 Å². The summed E-state index contributed by atoms with van der Waals surface area (Å²) in [4.78, 5) is 19.4. The van der Waals surface area contributed by atoms with Crippen molar-refractivity contribution < 1.29 is 4.79 Å². The average molecular weight is 367 g/mol. The number of amides is 1. The lowest BCUT2D eigenvalue weighted by atomic mass is 10.0. The van der Waals surface area contributed by atoms with Crippen LogP contribution in [-0.4, -0.2) is 21.1 Å². The molecule has 0 aliphatic carbocycles. The molecule has 5 rings (SSSR count). The zero-order chi connectivity index (χ0) is 18.9. The quantitative estimate of drug-likeness (QED) is 0.568. The second-order valence-electron chi connectivity index (χ2n) is 6.55. The summed E-state index contributed by atoms with van der Waals surface area (Å²) in [6.07, 6.45) is 4.87. The van der Waals surface area contributed by atoms with E-state index in [-0.39, 0.29) is 5.91 Å². The van der Waals surface area contributed by atoms with E-state index in [2.05, 4.69) is 20.5 Å². The minimum atomic E-state index is -0.404. The van der Waals surface area contributed by atoms with Gasteiger partial charge in [0.1, 0.15) is 6.17 Å². The summed E-state index contributed by atoms with van der Waals surface area (Å²) in [5.41, 5.74) is 4.89. The predicted octanol–water partition coefficient (Wildman–Crippen LogP) is 4.24. The molecule has 0 saturated heterocycles. The monoisotopic (exact) mass is 367 g/mol. The molecule has 0 bridgehead atoms. The normalized spacial score (nSPS) is 15.8. The summed E-state index contributed by atoms with van der Waals surface area (Å²) in [6.45, 7) is 0. The van der Waals surface area contributed by atoms with E-state index in [1.807, 2.05) is 66.7 Å². The van der Waals surface area contributed by atoms with E-state index in [0.29, 0.717) is 5.56 Å². The Morgan fingerprint density at radius 2 is 1.71 bits per heavy atom. The van der Waals surface area contributed by atoms with Crippen LogP contribution in [0.2, 0.25) is 0 Å². The van der Waals surface area contributed by atoms with E-state index in [1.165, 1.54) is 0 Å². The van der Waals surface area contributed by atoms with Gasteiger partial charge in [0.25, 0.3) is 5.91 Å². The Hall–Kier alpha value is -3.93. The molecule has 6 heteroatoms. The van der Waals surface area contributed by atoms with Crippen LogP contribution in [-0.2, 0) is 0 Å². The Labute approximate surface area is 161 Å². The Balaban J connectivity index is 1.68. The lowest BCUT2D eigenvalue weighted by Gasteiger charge is -2.38. The van der Waals surface area contributed by atoms with E-state index in [1.54, 1.807) is 23.5 Å². The van der Waals surface area contributed by atoms with Gasteiger partial charge in [0.2, 0.25) is 0 Å². The fraction of sp³-hybridized carbons (Fsp3) is 0.0455. The molecule has 136 valence electrons. The van der Waals surface area contributed by atoms with Crippen molar-refractivity contribution in [2.45, 2.75) is 6.17 Å². The van der Waals surface area contributed by atoms with Crippen LogP contribution in [0.3, 0.4) is 0 Å². The number of nitrogens with zero attached hydrogens (tertiary/aromatic N) is 3. The molecule has 4 aromatic rings. The van der Waals surface area contributed by atoms with Crippen LogP contribution in [0.1, 0.15) is 22.1 Å². The Morgan fingerprint density at radius 1 is 0.893 bits per heavy atom. The maximum atomic E-state index is 13.4. The molecule has 2 aromatic heterocycles. The number of aromatic amines is 1. The van der Waals surface area contributed by atoms with Gasteiger partial charge in [0.05, 0.1) is 17.5 Å². The summed E-state index contributed by atoms with van der Waals surface area (Å²) in [5.74, 6) is -0.0520. The standard InChI is InChI=1S/C22H17N5O/c28-22-17-10-4-5-11-19(17)25-21(27(22)16-8-2-1-3-9-16)18-14-24-26-20(18)15-7-6-12-23-13-15/h1-14,21,25H,(H,24,26)/t21-/m1/s1. The molecule has 1 aliphatic rings. The van der Waals surface area contributed by atoms with Gasteiger partial charge < -0.3 is 5.32 Å². The maximum absolute atomic E-state index is 13.4. The van der Waals surface area contributed by atoms with Gasteiger partial charge in [0, 0.05) is 34.9 Å². The van der Waals surface area contributed by atoms with E-state index >= 15 is 0 Å². The number of pyridine rings is 1. The summed E-state index contributed by atoms with van der Waals surface area (Å²) in [6, 6.07) is 21.1. The third-order valence-corrected chi connectivity index (χ3v) is 4.87. The molecule has 1 amide bonds. The van der Waals surface area contributed by atoms with Crippen LogP contribution in [0, 0.1) is 0 Å². The highest BCUT2D eigenvalue weighted by atomic mass is 16.2. The summed E-state index contributed by atoms with van der Waals surface area (Å²) in [5, 5.41) is 10.8. The van der Waals surface area contributed by atoms with Crippen LogP contribution in [0.5, 0.6) is 0 Å². The number of nitrogens with one attached hydrogen (secondary N) is 2. The van der Waals surface area contributed by atoms with Crippen LogP contribution >= 0.6 is 0 Å². The molecular formula is C22H17N5O. The number of aromatic nitrogens is 3. The molecule has 6 nitrogen and oxygen atoms in total. The minimum Gasteiger partial charge on any atom is -0.360 e. The molecule has 1 aliphatic heterocycles. The zero-order valence-corrected chi connectivity index (χ0v) is 14.9. The van der Waals surface area contributed by atoms with E-state index in [9.17, 15) is 4.79 Å². The van der Waals surface area contributed by atoms with Crippen molar-refractivity contribution in [1.82, 2.24) is 15.2 Å². The smallest absolute Gasteiger partial charge is 0.262 e. The number of carbonyl (C=O) groups is 1. The second kappa shape index (κ2) is 6.66. The number of para-hydroxylation sites is 2. The fourth-order valence-corrected chi connectivity index (χ4v) is 3.57. The average Bonchev–Trinajstić information content (AvgIpc) is 3.25. The van der Waals surface area contributed by atoms with Crippen molar-refractivity contribution in [3.8, 4) is 11.3 Å². The van der Waals surface area contributed by atoms with Crippen molar-refractivity contribution >= 4 is 17.3 Å². The summed E-state index contributed by atoms with van der Waals surface area (Å²) < 4.78 is 0. The first-order valence-electron chi connectivity index (χ1n) is 9.01. The number of hydrogen-bond acceptors (Lipinski definition) is 4. The molecule has 0 saturated carbocycles. The zero-order valence-electron chi connectivity index (χ0n) is 14.9. The topological polar surface area (TPSA) is 73.9 Å². The van der Waals surface area contributed by atoms with Gasteiger partial charge in [-0.05, 0) is 36.4 Å². The van der Waals surface area contributed by atoms with Gasteiger partial charge >= 0.3 is 0 Å². The number of hydrogen-bond donors (Lipinski definition) is 2. The van der Waals surface area contributed by atoms with Gasteiger partial charge in [-0.1, -0.05) is 30.3 Å². The largest absolute Gasteiger partial charge is 0.360 e. The van der Waals surface area contributed by atoms with E-state index in [4.69, 9.17) is 0 Å². The Kier molecular flexibility index (Phi) is 3.87. The molecule has 0 unspecified atom stereocenters. The van der Waals surface area contributed by atoms with Crippen molar-refractivity contribution in [2.24, 2.45) is 0 Å². The highest BCUT2D eigenvalue weighted by Gasteiger charge is 2.35. The number of fused-ring (bicyclic) bond motifs is 1. The number of H-pyrrole nitrogens is 1. The number of anilines is 2. The molecule has 28 heavy (non-hydrogen) atoms. The lowest BCUT2D eigenvalue weighted by molar-refractivity contribution is 0.0975. The first-order valence-corrected chi connectivity index (χ1v) is 9.01. The summed E-state index contributed by atoms with van der Waals surface area (Å²) >= 11 is 0. The molecule has 0 spiro atoms. The van der Waals surface area contributed by atoms with Crippen molar-refractivity contribution in [1.29, 1.82) is 0 Å². The highest BCUT2D eigenvalue weighted by Crippen LogP contribution is 2.38. The maximum Gasteiger partial charge on any atom is 0.262 e. The first-order chi connectivity index (χ1) is 13.8. The fourth-order valence-electron chi connectivity index (χ4n) is 3.57. The Morgan fingerprint density at radius 3 is 2.54 bits per heavy atom. The van der Waals surface area contributed by atoms with Crippen LogP contribution < -0.4 is 10.2 Å². The molecule has 1 atom stereocenters. The first kappa shape index (κ1) is 16.3. The predicted molar refractivity (Wildman–Crippen MR) is 108 cm³/mol. The molecular weight excluding hydrogens is 350 g/mol. The third kappa shape index (κ3) is 2.63. The van der Waals surface area contributed by atoms with Gasteiger partial charge in [-0.3, -0.25) is 19.8 Å². The second-order valence-corrected chi connectivity index (χ2v) is 6.55. The highest BCUT2D eigenvalue weighted by molar-refractivity contribution is 6.12. The minimum absolute atomic E-state index is 0.0520. The molecule has 0 radical (unpaired) electrons. The van der Waals surface area contributed by atoms with Crippen LogP contribution in [0.25, 0.3) is 11.3 Å². The van der Waals surface area contributed by atoms with Gasteiger partial charge in [-0.25, -0.2) is 0 Å².